The van der Waals surface area contributed by atoms with Gasteiger partial charge in [0, 0.05) is 12.0 Å². The molecule has 0 heterocycles. The summed E-state index contributed by atoms with van der Waals surface area (Å²) in [5, 5.41) is 5.94. The van der Waals surface area contributed by atoms with Gasteiger partial charge in [-0.25, -0.2) is 4.79 Å². The zero-order chi connectivity index (χ0) is 26.2. The Bertz CT molecular complexity index is 980. The Labute approximate surface area is 209 Å². The number of carbonyl (C=O) groups excluding carboxylic acids is 3. The van der Waals surface area contributed by atoms with Crippen LogP contribution in [-0.4, -0.2) is 54.4 Å². The fraction of sp³-hybridized carbons (Fsp3) is 0.464. The Morgan fingerprint density at radius 2 is 1.51 bits per heavy atom. The maximum absolute atomic E-state index is 13.1. The largest absolute Gasteiger partial charge is 0.423 e. The average molecular weight is 482 g/mol. The summed E-state index contributed by atoms with van der Waals surface area (Å²) < 4.78 is 5.44. The smallest absolute Gasteiger partial charge is 0.343 e. The van der Waals surface area contributed by atoms with E-state index < -0.39 is 17.6 Å². The van der Waals surface area contributed by atoms with Gasteiger partial charge >= 0.3 is 5.97 Å². The first-order chi connectivity index (χ1) is 16.4. The van der Waals surface area contributed by atoms with E-state index in [9.17, 15) is 14.4 Å². The zero-order valence-electron chi connectivity index (χ0n) is 21.9. The minimum atomic E-state index is -0.742. The van der Waals surface area contributed by atoms with Gasteiger partial charge in [0.1, 0.15) is 11.8 Å². The number of nitrogens with one attached hydrogen (secondary N) is 2. The number of rotatable bonds is 10. The molecule has 0 aliphatic rings. The maximum atomic E-state index is 13.1. The molecule has 0 aromatic heterocycles. The minimum absolute atomic E-state index is 0.175. The molecule has 2 amide bonds. The number of likely N-dealkylation sites (N-methyl/N-ethyl adjacent to an activating group) is 1. The van der Waals surface area contributed by atoms with Crippen LogP contribution in [0.25, 0.3) is 0 Å². The summed E-state index contributed by atoms with van der Waals surface area (Å²) in [4.78, 5) is 40.4. The summed E-state index contributed by atoms with van der Waals surface area (Å²) in [6.45, 7) is 9.85. The maximum Gasteiger partial charge on any atom is 0.343 e. The third-order valence-corrected chi connectivity index (χ3v) is 5.34. The van der Waals surface area contributed by atoms with Crippen molar-refractivity contribution in [2.24, 2.45) is 5.92 Å². The molecule has 2 rings (SSSR count). The molecular weight excluding hydrogens is 442 g/mol. The Morgan fingerprint density at radius 3 is 2.03 bits per heavy atom. The van der Waals surface area contributed by atoms with Crippen LogP contribution < -0.4 is 15.4 Å². The van der Waals surface area contributed by atoms with E-state index in [0.29, 0.717) is 30.1 Å². The molecule has 0 unspecified atom stereocenters. The third kappa shape index (κ3) is 9.53. The standard InChI is InChI=1S/C28H39N3O4/c1-19(2)17-24(31(6)7)26(33)29-23(25(32)30-28(3,4)5)18-20-13-15-22(16-14-20)35-27(34)21-11-9-8-10-12-21/h8-16,19,23-24H,17-18H2,1-7H3,(H,29,33)(H,30,32)/t23-,24-/m0/s1. The second kappa shape index (κ2) is 12.5. The van der Waals surface area contributed by atoms with Crippen molar-refractivity contribution in [2.75, 3.05) is 14.1 Å². The van der Waals surface area contributed by atoms with Gasteiger partial charge in [0.2, 0.25) is 11.8 Å². The molecule has 2 aromatic rings. The topological polar surface area (TPSA) is 87.7 Å². The lowest BCUT2D eigenvalue weighted by molar-refractivity contribution is -0.132. The second-order valence-corrected chi connectivity index (χ2v) is 10.5. The van der Waals surface area contributed by atoms with Crippen LogP contribution in [0.4, 0.5) is 0 Å². The van der Waals surface area contributed by atoms with E-state index >= 15 is 0 Å². The molecule has 7 heteroatoms. The molecule has 0 spiro atoms. The van der Waals surface area contributed by atoms with Crippen molar-refractivity contribution >= 4 is 17.8 Å². The van der Waals surface area contributed by atoms with Gasteiger partial charge < -0.3 is 15.4 Å². The lowest BCUT2D eigenvalue weighted by Crippen LogP contribution is -2.56. The molecule has 35 heavy (non-hydrogen) atoms. The quantitative estimate of drug-likeness (QED) is 0.398. The first kappa shape index (κ1) is 28.1. The number of benzene rings is 2. The number of nitrogens with zero attached hydrogens (tertiary/aromatic N) is 1. The van der Waals surface area contributed by atoms with Crippen molar-refractivity contribution in [2.45, 2.75) is 65.1 Å². The van der Waals surface area contributed by atoms with Crippen LogP contribution in [-0.2, 0) is 16.0 Å². The van der Waals surface area contributed by atoms with Crippen molar-refractivity contribution < 1.29 is 19.1 Å². The summed E-state index contributed by atoms with van der Waals surface area (Å²) >= 11 is 0. The molecule has 0 radical (unpaired) electrons. The molecule has 2 aromatic carbocycles. The summed E-state index contributed by atoms with van der Waals surface area (Å²) in [5.74, 6) is -0.111. The molecular formula is C28H39N3O4. The number of hydrogen-bond donors (Lipinski definition) is 2. The van der Waals surface area contributed by atoms with Crippen molar-refractivity contribution in [3.05, 3.63) is 65.7 Å². The first-order valence-corrected chi connectivity index (χ1v) is 12.0. The van der Waals surface area contributed by atoms with E-state index in [1.165, 1.54) is 0 Å². The monoisotopic (exact) mass is 481 g/mol. The van der Waals surface area contributed by atoms with Crippen LogP contribution in [0, 0.1) is 5.92 Å². The molecule has 190 valence electrons. The first-order valence-electron chi connectivity index (χ1n) is 12.0. The van der Waals surface area contributed by atoms with Crippen molar-refractivity contribution in [1.29, 1.82) is 0 Å². The van der Waals surface area contributed by atoms with E-state index in [0.717, 1.165) is 5.56 Å². The summed E-state index contributed by atoms with van der Waals surface area (Å²) in [5.41, 5.74) is 0.869. The van der Waals surface area contributed by atoms with Crippen LogP contribution in [0.3, 0.4) is 0 Å². The normalized spacial score (nSPS) is 13.3. The van der Waals surface area contributed by atoms with Crippen molar-refractivity contribution in [3.63, 3.8) is 0 Å². The van der Waals surface area contributed by atoms with Gasteiger partial charge in [-0.1, -0.05) is 44.2 Å². The second-order valence-electron chi connectivity index (χ2n) is 10.5. The number of carbonyl (C=O) groups is 3. The number of esters is 1. The predicted molar refractivity (Wildman–Crippen MR) is 138 cm³/mol. The number of amides is 2. The molecule has 0 aliphatic heterocycles. The molecule has 0 bridgehead atoms. The fourth-order valence-electron chi connectivity index (χ4n) is 3.60. The molecule has 0 aliphatic carbocycles. The van der Waals surface area contributed by atoms with Crippen LogP contribution in [0.5, 0.6) is 5.75 Å². The van der Waals surface area contributed by atoms with E-state index in [1.54, 1.807) is 48.5 Å². The van der Waals surface area contributed by atoms with Crippen LogP contribution in [0.2, 0.25) is 0 Å². The highest BCUT2D eigenvalue weighted by Gasteiger charge is 2.29. The number of hydrogen-bond acceptors (Lipinski definition) is 5. The molecule has 0 fully saturated rings. The summed E-state index contributed by atoms with van der Waals surface area (Å²) in [6, 6.07) is 14.7. The number of ether oxygens (including phenoxy) is 1. The van der Waals surface area contributed by atoms with Crippen LogP contribution in [0.1, 0.15) is 57.0 Å². The highest BCUT2D eigenvalue weighted by Crippen LogP contribution is 2.17. The van der Waals surface area contributed by atoms with Gasteiger partial charge in [-0.15, -0.1) is 0 Å². The highest BCUT2D eigenvalue weighted by molar-refractivity contribution is 5.91. The predicted octanol–water partition coefficient (Wildman–Crippen LogP) is 3.82. The Kier molecular flexibility index (Phi) is 10.0. The SMILES string of the molecule is CC(C)C[C@@H](C(=O)N[C@@H](Cc1ccc(OC(=O)c2ccccc2)cc1)C(=O)NC(C)(C)C)N(C)C. The van der Waals surface area contributed by atoms with Gasteiger partial charge in [-0.2, -0.15) is 0 Å². The van der Waals surface area contributed by atoms with Crippen molar-refractivity contribution in [1.82, 2.24) is 15.5 Å². The molecule has 7 nitrogen and oxygen atoms in total. The fourth-order valence-corrected chi connectivity index (χ4v) is 3.60. The lowest BCUT2D eigenvalue weighted by atomic mass is 9.99. The Morgan fingerprint density at radius 1 is 0.914 bits per heavy atom. The molecule has 0 saturated heterocycles. The molecule has 2 atom stereocenters. The van der Waals surface area contributed by atoms with E-state index in [-0.39, 0.29) is 17.9 Å². The van der Waals surface area contributed by atoms with Gasteiger partial charge in [0.05, 0.1) is 11.6 Å². The Hall–Kier alpha value is -3.19. The van der Waals surface area contributed by atoms with E-state index in [4.69, 9.17) is 4.74 Å². The highest BCUT2D eigenvalue weighted by atomic mass is 16.5. The van der Waals surface area contributed by atoms with Crippen LogP contribution >= 0.6 is 0 Å². The van der Waals surface area contributed by atoms with Gasteiger partial charge in [-0.05, 0) is 77.0 Å². The van der Waals surface area contributed by atoms with Gasteiger partial charge in [-0.3, -0.25) is 14.5 Å². The van der Waals surface area contributed by atoms with Crippen molar-refractivity contribution in [3.8, 4) is 5.75 Å². The summed E-state index contributed by atoms with van der Waals surface area (Å²) in [7, 11) is 3.73. The van der Waals surface area contributed by atoms with Crippen LogP contribution in [0.15, 0.2) is 54.6 Å². The summed E-state index contributed by atoms with van der Waals surface area (Å²) in [6.07, 6.45) is 0.996. The lowest BCUT2D eigenvalue weighted by Gasteiger charge is -2.29. The minimum Gasteiger partial charge on any atom is -0.423 e. The average Bonchev–Trinajstić information content (AvgIpc) is 2.77. The Balaban J connectivity index is 2.15. The molecule has 0 saturated carbocycles. The third-order valence-electron chi connectivity index (χ3n) is 5.34. The van der Waals surface area contributed by atoms with Gasteiger partial charge in [0.15, 0.2) is 0 Å². The van der Waals surface area contributed by atoms with E-state index in [1.807, 2.05) is 45.8 Å². The molecule has 2 N–H and O–H groups in total. The zero-order valence-corrected chi connectivity index (χ0v) is 21.9. The van der Waals surface area contributed by atoms with Gasteiger partial charge in [0.25, 0.3) is 0 Å². The van der Waals surface area contributed by atoms with E-state index in [2.05, 4.69) is 24.5 Å².